The first kappa shape index (κ1) is 17.1. The van der Waals surface area contributed by atoms with Crippen LogP contribution in [0, 0.1) is 17.6 Å². The van der Waals surface area contributed by atoms with Gasteiger partial charge < -0.3 is 5.32 Å². The number of hydrogen-bond donors (Lipinski definition) is 1. The monoisotopic (exact) mass is 283 g/mol. The fraction of sp³-hybridized carbons (Fsp3) is 0.647. The summed E-state index contributed by atoms with van der Waals surface area (Å²) in [5.41, 5.74) is 0.476. The summed E-state index contributed by atoms with van der Waals surface area (Å²) >= 11 is 0. The van der Waals surface area contributed by atoms with Crippen molar-refractivity contribution in [3.8, 4) is 0 Å². The maximum absolute atomic E-state index is 13.8. The zero-order valence-corrected chi connectivity index (χ0v) is 12.9. The Labute approximate surface area is 121 Å². The second kappa shape index (κ2) is 9.06. The molecule has 0 bridgehead atoms. The van der Waals surface area contributed by atoms with E-state index < -0.39 is 11.6 Å². The van der Waals surface area contributed by atoms with Crippen molar-refractivity contribution in [3.63, 3.8) is 0 Å². The van der Waals surface area contributed by atoms with Crippen LogP contribution in [0.5, 0.6) is 0 Å². The van der Waals surface area contributed by atoms with E-state index in [4.69, 9.17) is 0 Å². The van der Waals surface area contributed by atoms with Gasteiger partial charge in [0.1, 0.15) is 0 Å². The molecule has 0 saturated heterocycles. The lowest BCUT2D eigenvalue weighted by molar-refractivity contribution is 0.359. The van der Waals surface area contributed by atoms with Crippen LogP contribution >= 0.6 is 0 Å². The van der Waals surface area contributed by atoms with E-state index in [1.807, 2.05) is 0 Å². The highest BCUT2D eigenvalue weighted by Gasteiger charge is 2.17. The Kier molecular flexibility index (Phi) is 7.75. The molecule has 20 heavy (non-hydrogen) atoms. The summed E-state index contributed by atoms with van der Waals surface area (Å²) < 4.78 is 27.1. The summed E-state index contributed by atoms with van der Waals surface area (Å²) in [5, 5.41) is 3.47. The maximum atomic E-state index is 13.8. The molecular weight excluding hydrogens is 256 g/mol. The molecule has 1 aromatic rings. The molecule has 1 rings (SSSR count). The summed E-state index contributed by atoms with van der Waals surface area (Å²) in [6, 6.07) is 4.66. The van der Waals surface area contributed by atoms with Crippen LogP contribution < -0.4 is 5.32 Å². The highest BCUT2D eigenvalue weighted by atomic mass is 19.2. The summed E-state index contributed by atoms with van der Waals surface area (Å²) in [6.45, 7) is 7.41. The maximum Gasteiger partial charge on any atom is 0.162 e. The highest BCUT2D eigenvalue weighted by molar-refractivity contribution is 5.20. The van der Waals surface area contributed by atoms with E-state index in [1.165, 1.54) is 6.07 Å². The van der Waals surface area contributed by atoms with E-state index in [9.17, 15) is 8.78 Å². The van der Waals surface area contributed by atoms with Crippen LogP contribution in [-0.2, 0) is 6.42 Å². The molecule has 0 fully saturated rings. The van der Waals surface area contributed by atoms with Gasteiger partial charge in [-0.25, -0.2) is 8.78 Å². The molecule has 114 valence electrons. The lowest BCUT2D eigenvalue weighted by atomic mass is 9.91. The van der Waals surface area contributed by atoms with Crippen molar-refractivity contribution in [3.05, 3.63) is 35.4 Å². The molecule has 0 spiro atoms. The van der Waals surface area contributed by atoms with Gasteiger partial charge in [-0.1, -0.05) is 45.7 Å². The molecule has 0 radical (unpaired) electrons. The third-order valence-corrected chi connectivity index (χ3v) is 3.95. The lowest BCUT2D eigenvalue weighted by Gasteiger charge is -2.23. The van der Waals surface area contributed by atoms with Gasteiger partial charge in [0.05, 0.1) is 0 Å². The van der Waals surface area contributed by atoms with Crippen molar-refractivity contribution in [1.29, 1.82) is 0 Å². The lowest BCUT2D eigenvalue weighted by Crippen LogP contribution is -2.34. The van der Waals surface area contributed by atoms with E-state index >= 15 is 0 Å². The van der Waals surface area contributed by atoms with Crippen molar-refractivity contribution in [2.75, 3.05) is 6.54 Å². The summed E-state index contributed by atoms with van der Waals surface area (Å²) in [5.74, 6) is -0.805. The molecule has 3 heteroatoms. The molecule has 0 aliphatic heterocycles. The third-order valence-electron chi connectivity index (χ3n) is 3.95. The molecule has 0 amide bonds. The van der Waals surface area contributed by atoms with Crippen molar-refractivity contribution >= 4 is 0 Å². The molecule has 1 nitrogen and oxygen atoms in total. The van der Waals surface area contributed by atoms with Gasteiger partial charge in [-0.3, -0.25) is 0 Å². The smallest absolute Gasteiger partial charge is 0.162 e. The number of nitrogens with one attached hydrogen (secondary N) is 1. The number of halogens is 2. The van der Waals surface area contributed by atoms with Gasteiger partial charge in [0.25, 0.3) is 0 Å². The minimum atomic E-state index is -0.751. The van der Waals surface area contributed by atoms with Crippen LogP contribution in [0.25, 0.3) is 0 Å². The van der Waals surface area contributed by atoms with Crippen molar-refractivity contribution in [2.45, 2.75) is 58.9 Å². The van der Waals surface area contributed by atoms with Gasteiger partial charge in [-0.15, -0.1) is 0 Å². The van der Waals surface area contributed by atoms with E-state index in [-0.39, 0.29) is 6.04 Å². The fourth-order valence-electron chi connectivity index (χ4n) is 2.58. The molecule has 0 saturated carbocycles. The molecule has 0 aliphatic rings. The first-order valence-corrected chi connectivity index (χ1v) is 7.78. The predicted molar refractivity (Wildman–Crippen MR) is 80.8 cm³/mol. The first-order chi connectivity index (χ1) is 9.62. The van der Waals surface area contributed by atoms with Crippen molar-refractivity contribution < 1.29 is 8.78 Å². The highest BCUT2D eigenvalue weighted by Crippen LogP contribution is 2.20. The molecular formula is C17H27F2N. The second-order valence-electron chi connectivity index (χ2n) is 5.49. The Hall–Kier alpha value is -0.960. The zero-order valence-electron chi connectivity index (χ0n) is 12.9. The second-order valence-corrected chi connectivity index (χ2v) is 5.49. The van der Waals surface area contributed by atoms with E-state index in [0.717, 1.165) is 32.2 Å². The Morgan fingerprint density at radius 1 is 1.10 bits per heavy atom. The van der Waals surface area contributed by atoms with Crippen LogP contribution in [0.4, 0.5) is 8.78 Å². The fourth-order valence-corrected chi connectivity index (χ4v) is 2.58. The first-order valence-electron chi connectivity index (χ1n) is 7.78. The normalized spacial score (nSPS) is 12.9. The molecule has 1 aromatic carbocycles. The number of hydrogen-bond acceptors (Lipinski definition) is 1. The predicted octanol–water partition coefficient (Wildman–Crippen LogP) is 4.70. The molecule has 1 unspecified atom stereocenters. The quantitative estimate of drug-likeness (QED) is 0.692. The van der Waals surface area contributed by atoms with Crippen LogP contribution in [0.2, 0.25) is 0 Å². The van der Waals surface area contributed by atoms with Gasteiger partial charge in [-0.2, -0.15) is 0 Å². The van der Waals surface area contributed by atoms with Gasteiger partial charge in [0, 0.05) is 6.04 Å². The third kappa shape index (κ3) is 5.20. The topological polar surface area (TPSA) is 12.0 Å². The minimum absolute atomic E-state index is 0.219. The van der Waals surface area contributed by atoms with Crippen molar-refractivity contribution in [1.82, 2.24) is 5.32 Å². The summed E-state index contributed by atoms with van der Waals surface area (Å²) in [6.07, 6.45) is 4.88. The molecule has 1 N–H and O–H groups in total. The SMILES string of the molecule is CCCNC(Cc1cccc(F)c1F)CC(CC)CC. The Balaban J connectivity index is 2.75. The Bertz CT molecular complexity index is 389. The number of rotatable bonds is 9. The van der Waals surface area contributed by atoms with Gasteiger partial charge in [0.2, 0.25) is 0 Å². The zero-order chi connectivity index (χ0) is 15.0. The van der Waals surface area contributed by atoms with E-state index in [2.05, 4.69) is 26.1 Å². The minimum Gasteiger partial charge on any atom is -0.314 e. The van der Waals surface area contributed by atoms with E-state index in [1.54, 1.807) is 12.1 Å². The summed E-state index contributed by atoms with van der Waals surface area (Å²) in [4.78, 5) is 0. The molecule has 1 atom stereocenters. The van der Waals surface area contributed by atoms with Crippen molar-refractivity contribution in [2.24, 2.45) is 5.92 Å². The van der Waals surface area contributed by atoms with Gasteiger partial charge >= 0.3 is 0 Å². The standard InChI is InChI=1S/C17H27F2N/c1-4-10-20-15(11-13(5-2)6-3)12-14-8-7-9-16(18)17(14)19/h7-9,13,15,20H,4-6,10-12H2,1-3H3. The van der Waals surface area contributed by atoms with E-state index in [0.29, 0.717) is 17.9 Å². The number of benzene rings is 1. The van der Waals surface area contributed by atoms with Gasteiger partial charge in [-0.05, 0) is 43.4 Å². The summed E-state index contributed by atoms with van der Waals surface area (Å²) in [7, 11) is 0. The average molecular weight is 283 g/mol. The largest absolute Gasteiger partial charge is 0.314 e. The van der Waals surface area contributed by atoms with Crippen LogP contribution in [0.15, 0.2) is 18.2 Å². The van der Waals surface area contributed by atoms with Crippen LogP contribution in [-0.4, -0.2) is 12.6 Å². The molecule has 0 aromatic heterocycles. The van der Waals surface area contributed by atoms with Crippen LogP contribution in [0.1, 0.15) is 52.0 Å². The van der Waals surface area contributed by atoms with Crippen LogP contribution in [0.3, 0.4) is 0 Å². The Morgan fingerprint density at radius 2 is 1.80 bits per heavy atom. The average Bonchev–Trinajstić information content (AvgIpc) is 2.46. The molecule has 0 aliphatic carbocycles. The van der Waals surface area contributed by atoms with Gasteiger partial charge in [0.15, 0.2) is 11.6 Å². The Morgan fingerprint density at radius 3 is 2.40 bits per heavy atom. The molecule has 0 heterocycles.